The fraction of sp³-hybridized carbons (Fsp3) is 0.158. The molecule has 3 rings (SSSR count). The first-order chi connectivity index (χ1) is 13.4. The van der Waals surface area contributed by atoms with Crippen molar-refractivity contribution < 1.29 is 27.4 Å². The van der Waals surface area contributed by atoms with Gasteiger partial charge < -0.3 is 14.8 Å². The number of rotatable bonds is 6. The van der Waals surface area contributed by atoms with Crippen LogP contribution in [0.3, 0.4) is 0 Å². The van der Waals surface area contributed by atoms with Crippen molar-refractivity contribution in [1.29, 1.82) is 0 Å². The number of aromatic nitrogens is 2. The van der Waals surface area contributed by atoms with Crippen molar-refractivity contribution in [2.45, 2.75) is 12.9 Å². The molecule has 0 spiro atoms. The Kier molecular flexibility index (Phi) is 5.53. The van der Waals surface area contributed by atoms with Gasteiger partial charge >= 0.3 is 6.36 Å². The van der Waals surface area contributed by atoms with E-state index in [2.05, 4.69) is 20.3 Å². The summed E-state index contributed by atoms with van der Waals surface area (Å²) in [6.45, 7) is -0.141. The molecule has 0 aliphatic rings. The summed E-state index contributed by atoms with van der Waals surface area (Å²) >= 11 is 0. The predicted octanol–water partition coefficient (Wildman–Crippen LogP) is 3.91. The summed E-state index contributed by atoms with van der Waals surface area (Å²) in [5.74, 6) is -0.185. The molecule has 0 atom stereocenters. The van der Waals surface area contributed by atoms with Crippen molar-refractivity contribution in [3.05, 3.63) is 65.9 Å². The van der Waals surface area contributed by atoms with E-state index < -0.39 is 12.3 Å². The van der Waals surface area contributed by atoms with Crippen LogP contribution < -0.4 is 14.8 Å². The number of aromatic amines is 1. The fourth-order valence-electron chi connectivity index (χ4n) is 2.58. The third-order valence-corrected chi connectivity index (χ3v) is 3.90. The molecule has 2 N–H and O–H groups in total. The molecule has 2 aromatic carbocycles. The number of methoxy groups -OCH3 is 1. The van der Waals surface area contributed by atoms with Crippen LogP contribution in [0.25, 0.3) is 11.3 Å². The molecular weight excluding hydrogens is 375 g/mol. The maximum Gasteiger partial charge on any atom is 0.573 e. The molecule has 3 aromatic rings. The number of para-hydroxylation sites is 1. The van der Waals surface area contributed by atoms with Gasteiger partial charge in [-0.1, -0.05) is 18.2 Å². The number of carbonyl (C=O) groups excluding carboxylic acids is 1. The van der Waals surface area contributed by atoms with Crippen molar-refractivity contribution >= 4 is 5.91 Å². The largest absolute Gasteiger partial charge is 0.573 e. The van der Waals surface area contributed by atoms with E-state index in [4.69, 9.17) is 4.74 Å². The molecule has 28 heavy (non-hydrogen) atoms. The minimum Gasteiger partial charge on any atom is -0.497 e. The zero-order chi connectivity index (χ0) is 20.1. The zero-order valence-corrected chi connectivity index (χ0v) is 14.7. The molecule has 146 valence electrons. The highest BCUT2D eigenvalue weighted by Crippen LogP contribution is 2.27. The van der Waals surface area contributed by atoms with Gasteiger partial charge in [-0.05, 0) is 30.3 Å². The Balaban J connectivity index is 1.74. The van der Waals surface area contributed by atoms with E-state index in [1.165, 1.54) is 24.4 Å². The topological polar surface area (TPSA) is 76.2 Å². The highest BCUT2D eigenvalue weighted by molar-refractivity contribution is 5.99. The molecule has 0 saturated heterocycles. The van der Waals surface area contributed by atoms with Gasteiger partial charge in [0.1, 0.15) is 11.5 Å². The van der Waals surface area contributed by atoms with Gasteiger partial charge in [0.15, 0.2) is 0 Å². The van der Waals surface area contributed by atoms with Crippen LogP contribution in [0.15, 0.2) is 54.7 Å². The second-order valence-corrected chi connectivity index (χ2v) is 5.73. The second-order valence-electron chi connectivity index (χ2n) is 5.73. The molecule has 9 heteroatoms. The van der Waals surface area contributed by atoms with E-state index in [0.29, 0.717) is 17.0 Å². The number of nitrogens with zero attached hydrogens (tertiary/aromatic N) is 1. The highest BCUT2D eigenvalue weighted by atomic mass is 19.4. The van der Waals surface area contributed by atoms with E-state index in [1.807, 2.05) is 0 Å². The number of H-pyrrole nitrogens is 1. The fourth-order valence-corrected chi connectivity index (χ4v) is 2.58. The Morgan fingerprint density at radius 2 is 1.86 bits per heavy atom. The molecular formula is C19H16F3N3O3. The zero-order valence-electron chi connectivity index (χ0n) is 14.7. The summed E-state index contributed by atoms with van der Waals surface area (Å²) in [6.07, 6.45) is -3.46. The van der Waals surface area contributed by atoms with Gasteiger partial charge in [0, 0.05) is 17.7 Å². The van der Waals surface area contributed by atoms with Gasteiger partial charge in [-0.25, -0.2) is 0 Å². The first-order valence-corrected chi connectivity index (χ1v) is 8.17. The lowest BCUT2D eigenvalue weighted by atomic mass is 10.1. The molecule has 6 nitrogen and oxygen atoms in total. The van der Waals surface area contributed by atoms with Crippen molar-refractivity contribution in [1.82, 2.24) is 15.5 Å². The summed E-state index contributed by atoms with van der Waals surface area (Å²) < 4.78 is 46.6. The number of amides is 1. The first kappa shape index (κ1) is 19.3. The normalized spacial score (nSPS) is 11.1. The average Bonchev–Trinajstić information content (AvgIpc) is 3.16. The van der Waals surface area contributed by atoms with Gasteiger partial charge in [-0.15, -0.1) is 13.2 Å². The van der Waals surface area contributed by atoms with E-state index in [-0.39, 0.29) is 23.4 Å². The number of nitrogens with one attached hydrogen (secondary N) is 2. The van der Waals surface area contributed by atoms with Crippen molar-refractivity contribution in [2.24, 2.45) is 0 Å². The quantitative estimate of drug-likeness (QED) is 0.668. The number of benzene rings is 2. The van der Waals surface area contributed by atoms with E-state index in [1.54, 1.807) is 37.4 Å². The molecule has 0 unspecified atom stereocenters. The molecule has 0 radical (unpaired) electrons. The molecule has 1 amide bonds. The SMILES string of the molecule is COc1ccc(-c2[nH]ncc2C(=O)NCc2ccccc2OC(F)(F)F)cc1. The Bertz CT molecular complexity index is 953. The van der Waals surface area contributed by atoms with Gasteiger partial charge in [0.2, 0.25) is 0 Å². The van der Waals surface area contributed by atoms with Crippen molar-refractivity contribution in [3.8, 4) is 22.8 Å². The van der Waals surface area contributed by atoms with Gasteiger partial charge in [0.05, 0.1) is 24.6 Å². The van der Waals surface area contributed by atoms with Crippen LogP contribution in [-0.2, 0) is 6.54 Å². The maximum absolute atomic E-state index is 12.5. The average molecular weight is 391 g/mol. The number of halogens is 3. The van der Waals surface area contributed by atoms with Crippen LogP contribution in [0.5, 0.6) is 11.5 Å². The number of hydrogen-bond donors (Lipinski definition) is 2. The lowest BCUT2D eigenvalue weighted by Crippen LogP contribution is -2.24. The molecule has 0 bridgehead atoms. The number of hydrogen-bond acceptors (Lipinski definition) is 4. The summed E-state index contributed by atoms with van der Waals surface area (Å²) in [5.41, 5.74) is 1.66. The molecule has 1 heterocycles. The van der Waals surface area contributed by atoms with Crippen LogP contribution in [0.1, 0.15) is 15.9 Å². The van der Waals surface area contributed by atoms with Gasteiger partial charge in [-0.3, -0.25) is 9.89 Å². The predicted molar refractivity (Wildman–Crippen MR) is 94.9 cm³/mol. The summed E-state index contributed by atoms with van der Waals surface area (Å²) in [5, 5.41) is 9.24. The van der Waals surface area contributed by atoms with Crippen molar-refractivity contribution in [2.75, 3.05) is 7.11 Å². The second kappa shape index (κ2) is 8.03. The molecule has 0 aliphatic carbocycles. The number of carbonyl (C=O) groups is 1. The number of alkyl halides is 3. The maximum atomic E-state index is 12.5. The summed E-state index contributed by atoms with van der Waals surface area (Å²) in [4.78, 5) is 12.5. The molecule has 0 saturated carbocycles. The van der Waals surface area contributed by atoms with Crippen LogP contribution in [0.2, 0.25) is 0 Å². The Hall–Kier alpha value is -3.49. The molecule has 0 aliphatic heterocycles. The van der Waals surface area contributed by atoms with Crippen LogP contribution in [-0.4, -0.2) is 29.6 Å². The Labute approximate surface area is 158 Å². The van der Waals surface area contributed by atoms with E-state index >= 15 is 0 Å². The van der Waals surface area contributed by atoms with Gasteiger partial charge in [-0.2, -0.15) is 5.10 Å². The Morgan fingerprint density at radius 1 is 1.14 bits per heavy atom. The molecule has 1 aromatic heterocycles. The monoisotopic (exact) mass is 391 g/mol. The lowest BCUT2D eigenvalue weighted by Gasteiger charge is -2.13. The van der Waals surface area contributed by atoms with Crippen LogP contribution >= 0.6 is 0 Å². The lowest BCUT2D eigenvalue weighted by molar-refractivity contribution is -0.274. The summed E-state index contributed by atoms with van der Waals surface area (Å²) in [6, 6.07) is 12.6. The van der Waals surface area contributed by atoms with Gasteiger partial charge in [0.25, 0.3) is 5.91 Å². The van der Waals surface area contributed by atoms with Crippen LogP contribution in [0, 0.1) is 0 Å². The number of ether oxygens (including phenoxy) is 2. The third-order valence-electron chi connectivity index (χ3n) is 3.90. The Morgan fingerprint density at radius 3 is 2.54 bits per heavy atom. The minimum atomic E-state index is -4.81. The van der Waals surface area contributed by atoms with Crippen molar-refractivity contribution in [3.63, 3.8) is 0 Å². The third kappa shape index (κ3) is 4.61. The first-order valence-electron chi connectivity index (χ1n) is 8.17. The standard InChI is InChI=1S/C19H16F3N3O3/c1-27-14-8-6-12(7-9-14)17-15(11-24-25-17)18(26)23-10-13-4-2-3-5-16(13)28-19(20,21)22/h2-9,11H,10H2,1H3,(H,23,26)(H,24,25). The van der Waals surface area contributed by atoms with E-state index in [0.717, 1.165) is 0 Å². The summed E-state index contributed by atoms with van der Waals surface area (Å²) in [7, 11) is 1.55. The van der Waals surface area contributed by atoms with E-state index in [9.17, 15) is 18.0 Å². The highest BCUT2D eigenvalue weighted by Gasteiger charge is 2.32. The van der Waals surface area contributed by atoms with Crippen LogP contribution in [0.4, 0.5) is 13.2 Å². The molecule has 0 fully saturated rings. The minimum absolute atomic E-state index is 0.141. The smallest absolute Gasteiger partial charge is 0.497 e.